The van der Waals surface area contributed by atoms with E-state index in [1.54, 1.807) is 6.08 Å². The molecule has 0 aliphatic carbocycles. The molecule has 34 heavy (non-hydrogen) atoms. The van der Waals surface area contributed by atoms with Crippen LogP contribution >= 0.6 is 0 Å². The molecule has 1 aromatic carbocycles. The van der Waals surface area contributed by atoms with Crippen LogP contribution in [0.2, 0.25) is 0 Å². The molecular formula is C24H33N3O6S. The number of aromatic nitrogens is 2. The molecule has 2 unspecified atom stereocenters. The van der Waals surface area contributed by atoms with Crippen LogP contribution in [0.25, 0.3) is 17.3 Å². The summed E-state index contributed by atoms with van der Waals surface area (Å²) in [6.45, 7) is 5.82. The van der Waals surface area contributed by atoms with Crippen LogP contribution in [0.1, 0.15) is 49.4 Å². The van der Waals surface area contributed by atoms with Crippen molar-refractivity contribution in [3.63, 3.8) is 0 Å². The van der Waals surface area contributed by atoms with Crippen molar-refractivity contribution < 1.29 is 28.2 Å². The van der Waals surface area contributed by atoms with Gasteiger partial charge >= 0.3 is 5.97 Å². The van der Waals surface area contributed by atoms with Crippen molar-refractivity contribution in [1.82, 2.24) is 9.97 Å². The van der Waals surface area contributed by atoms with E-state index in [1.165, 1.54) is 20.2 Å². The highest BCUT2D eigenvalue weighted by atomic mass is 32.2. The number of rotatable bonds is 10. The first-order chi connectivity index (χ1) is 15.8. The summed E-state index contributed by atoms with van der Waals surface area (Å²) in [6, 6.07) is 7.63. The average molecular weight is 492 g/mol. The van der Waals surface area contributed by atoms with Crippen LogP contribution in [0.3, 0.4) is 0 Å². The molecule has 0 amide bonds. The zero-order valence-electron chi connectivity index (χ0n) is 20.4. The number of anilines is 1. The minimum atomic E-state index is -3.58. The fourth-order valence-corrected chi connectivity index (χ4v) is 3.60. The van der Waals surface area contributed by atoms with Gasteiger partial charge in [-0.1, -0.05) is 55.8 Å². The number of methoxy groups -OCH3 is 1. The Morgan fingerprint density at radius 3 is 2.32 bits per heavy atom. The first-order valence-electron chi connectivity index (χ1n) is 10.9. The van der Waals surface area contributed by atoms with Crippen LogP contribution in [-0.2, 0) is 19.6 Å². The van der Waals surface area contributed by atoms with Crippen molar-refractivity contribution in [2.24, 2.45) is 0 Å². The molecule has 0 bridgehead atoms. The lowest BCUT2D eigenvalue weighted by atomic mass is 9.97. The lowest BCUT2D eigenvalue weighted by Gasteiger charge is -2.20. The van der Waals surface area contributed by atoms with E-state index < -0.39 is 28.2 Å². The number of nitrogens with zero attached hydrogens (tertiary/aromatic N) is 3. The third kappa shape index (κ3) is 7.34. The Hall–Kier alpha value is -2.82. The SMILES string of the molecule is COC(=O)CC(O)CC(O)/C=C/c1c(-c2ccc(C)cc2)nc(N(C)S(C)(=O)=O)nc1C(C)C. The van der Waals surface area contributed by atoms with Gasteiger partial charge < -0.3 is 14.9 Å². The molecule has 2 N–H and O–H groups in total. The number of aliphatic hydroxyl groups excluding tert-OH is 2. The molecule has 0 saturated carbocycles. The Morgan fingerprint density at radius 1 is 1.18 bits per heavy atom. The summed E-state index contributed by atoms with van der Waals surface area (Å²) in [5.74, 6) is -0.597. The Balaban J connectivity index is 2.57. The molecule has 1 heterocycles. The molecule has 0 fully saturated rings. The van der Waals surface area contributed by atoms with Crippen LogP contribution in [-0.4, -0.2) is 67.2 Å². The fourth-order valence-electron chi connectivity index (χ4n) is 3.22. The number of benzene rings is 1. The molecule has 9 nitrogen and oxygen atoms in total. The van der Waals surface area contributed by atoms with Crippen molar-refractivity contribution >= 4 is 28.0 Å². The van der Waals surface area contributed by atoms with Gasteiger partial charge in [0.25, 0.3) is 0 Å². The number of aliphatic hydroxyl groups is 2. The van der Waals surface area contributed by atoms with E-state index in [-0.39, 0.29) is 24.7 Å². The second-order valence-corrected chi connectivity index (χ2v) is 10.5. The predicted molar refractivity (Wildman–Crippen MR) is 132 cm³/mol. The molecule has 0 aliphatic rings. The molecule has 2 rings (SSSR count). The van der Waals surface area contributed by atoms with Gasteiger partial charge in [0.05, 0.1) is 43.4 Å². The summed E-state index contributed by atoms with van der Waals surface area (Å²) in [7, 11) is -0.953. The van der Waals surface area contributed by atoms with E-state index in [0.29, 0.717) is 17.0 Å². The summed E-state index contributed by atoms with van der Waals surface area (Å²) in [4.78, 5) is 20.4. The normalized spacial score (nSPS) is 13.8. The topological polar surface area (TPSA) is 130 Å². The summed E-state index contributed by atoms with van der Waals surface area (Å²) in [5.41, 5.74) is 3.57. The minimum absolute atomic E-state index is 0.0490. The third-order valence-corrected chi connectivity index (χ3v) is 6.40. The predicted octanol–water partition coefficient (Wildman–Crippen LogP) is 2.66. The average Bonchev–Trinajstić information content (AvgIpc) is 2.76. The number of hydrogen-bond donors (Lipinski definition) is 2. The Bertz CT molecular complexity index is 1130. The van der Waals surface area contributed by atoms with E-state index >= 15 is 0 Å². The first-order valence-corrected chi connectivity index (χ1v) is 12.7. The highest BCUT2D eigenvalue weighted by molar-refractivity contribution is 7.92. The highest BCUT2D eigenvalue weighted by Gasteiger charge is 2.22. The van der Waals surface area contributed by atoms with Crippen molar-refractivity contribution in [3.05, 3.63) is 47.2 Å². The monoisotopic (exact) mass is 491 g/mol. The van der Waals surface area contributed by atoms with E-state index in [9.17, 15) is 23.4 Å². The van der Waals surface area contributed by atoms with Crippen molar-refractivity contribution in [2.45, 2.75) is 51.7 Å². The van der Waals surface area contributed by atoms with Gasteiger partial charge in [-0.05, 0) is 12.8 Å². The number of aryl methyl sites for hydroxylation is 1. The smallest absolute Gasteiger partial charge is 0.308 e. The minimum Gasteiger partial charge on any atom is -0.469 e. The summed E-state index contributed by atoms with van der Waals surface area (Å²) < 4.78 is 29.9. The molecule has 186 valence electrons. The summed E-state index contributed by atoms with van der Waals surface area (Å²) in [5, 5.41) is 20.4. The molecule has 2 aromatic rings. The third-order valence-electron chi connectivity index (χ3n) is 5.24. The van der Waals surface area contributed by atoms with Gasteiger partial charge in [0.1, 0.15) is 0 Å². The zero-order valence-corrected chi connectivity index (χ0v) is 21.2. The molecular weight excluding hydrogens is 458 g/mol. The number of hydrogen-bond acceptors (Lipinski definition) is 8. The molecule has 0 spiro atoms. The zero-order chi connectivity index (χ0) is 25.6. The van der Waals surface area contributed by atoms with Crippen molar-refractivity contribution in [3.8, 4) is 11.3 Å². The molecule has 0 saturated heterocycles. The number of ether oxygens (including phenoxy) is 1. The molecule has 1 aromatic heterocycles. The van der Waals surface area contributed by atoms with Crippen LogP contribution in [0.15, 0.2) is 30.3 Å². The lowest BCUT2D eigenvalue weighted by molar-refractivity contribution is -0.143. The number of carbonyl (C=O) groups excluding carboxylic acids is 1. The number of esters is 1. The van der Waals surface area contributed by atoms with Gasteiger partial charge in [-0.15, -0.1) is 0 Å². The standard InChI is InChI=1S/C24H33N3O6S/c1-15(2)22-20(12-11-18(28)13-19(29)14-21(30)33-5)23(17-9-7-16(3)8-10-17)26-24(25-22)27(4)34(6,31)32/h7-12,15,18-19,28-29H,13-14H2,1-6H3/b12-11+. The van der Waals surface area contributed by atoms with Gasteiger partial charge in [0.15, 0.2) is 0 Å². The number of sulfonamides is 1. The van der Waals surface area contributed by atoms with E-state index in [1.807, 2.05) is 45.0 Å². The maximum Gasteiger partial charge on any atom is 0.308 e. The van der Waals surface area contributed by atoms with Crippen LogP contribution in [0.5, 0.6) is 0 Å². The lowest BCUT2D eigenvalue weighted by Crippen LogP contribution is -2.27. The maximum atomic E-state index is 12.1. The quantitative estimate of drug-likeness (QED) is 0.485. The molecule has 2 atom stereocenters. The Labute approximate surface area is 201 Å². The fraction of sp³-hybridized carbons (Fsp3) is 0.458. The Kier molecular flexibility index (Phi) is 9.31. The van der Waals surface area contributed by atoms with Crippen LogP contribution < -0.4 is 4.31 Å². The van der Waals surface area contributed by atoms with Gasteiger partial charge in [-0.25, -0.2) is 22.7 Å². The summed E-state index contributed by atoms with van der Waals surface area (Å²) >= 11 is 0. The largest absolute Gasteiger partial charge is 0.469 e. The highest BCUT2D eigenvalue weighted by Crippen LogP contribution is 2.31. The summed E-state index contributed by atoms with van der Waals surface area (Å²) in [6.07, 6.45) is 1.88. The van der Waals surface area contributed by atoms with Gasteiger partial charge in [-0.2, -0.15) is 0 Å². The Morgan fingerprint density at radius 2 is 1.79 bits per heavy atom. The van der Waals surface area contributed by atoms with E-state index in [2.05, 4.69) is 14.7 Å². The van der Waals surface area contributed by atoms with Gasteiger partial charge in [0, 0.05) is 24.6 Å². The molecule has 10 heteroatoms. The van der Waals surface area contributed by atoms with E-state index in [4.69, 9.17) is 0 Å². The van der Waals surface area contributed by atoms with Gasteiger partial charge in [-0.3, -0.25) is 4.79 Å². The second-order valence-electron chi connectivity index (χ2n) is 8.52. The molecule has 0 aliphatic heterocycles. The maximum absolute atomic E-state index is 12.1. The van der Waals surface area contributed by atoms with Gasteiger partial charge in [0.2, 0.25) is 16.0 Å². The molecule has 0 radical (unpaired) electrons. The second kappa shape index (κ2) is 11.5. The van der Waals surface area contributed by atoms with Crippen LogP contribution in [0, 0.1) is 6.92 Å². The van der Waals surface area contributed by atoms with Crippen molar-refractivity contribution in [2.75, 3.05) is 24.7 Å². The number of carbonyl (C=O) groups is 1. The van der Waals surface area contributed by atoms with Crippen molar-refractivity contribution in [1.29, 1.82) is 0 Å². The van der Waals surface area contributed by atoms with Crippen LogP contribution in [0.4, 0.5) is 5.95 Å². The first kappa shape index (κ1) is 27.4. The van der Waals surface area contributed by atoms with E-state index in [0.717, 1.165) is 21.7 Å².